The summed E-state index contributed by atoms with van der Waals surface area (Å²) < 4.78 is 14.5. The number of hydrogen-bond acceptors (Lipinski definition) is 5. The van der Waals surface area contributed by atoms with Gasteiger partial charge in [-0.2, -0.15) is 0 Å². The van der Waals surface area contributed by atoms with Gasteiger partial charge in [-0.15, -0.1) is 11.3 Å². The van der Waals surface area contributed by atoms with Crippen molar-refractivity contribution in [3.05, 3.63) is 79.8 Å². The minimum Gasteiger partial charge on any atom is -0.366 e. The molecule has 9 heteroatoms. The smallest absolute Gasteiger partial charge is 0.266 e. The van der Waals surface area contributed by atoms with Gasteiger partial charge in [-0.1, -0.05) is 11.6 Å². The summed E-state index contributed by atoms with van der Waals surface area (Å²) in [7, 11) is 0. The highest BCUT2D eigenvalue weighted by atomic mass is 35.5. The number of carbonyl (C=O) groups excluding carboxylic acids is 2. The van der Waals surface area contributed by atoms with Gasteiger partial charge in [-0.3, -0.25) is 14.6 Å². The molecule has 1 aliphatic carbocycles. The van der Waals surface area contributed by atoms with Crippen LogP contribution in [0, 0.1) is 12.7 Å². The lowest BCUT2D eigenvalue weighted by Gasteiger charge is -2.30. The van der Waals surface area contributed by atoms with E-state index in [9.17, 15) is 14.0 Å². The number of amides is 2. The number of nitrogens with two attached hydrogens (primary N) is 1. The number of carbonyl (C=O) groups is 2. The van der Waals surface area contributed by atoms with Crippen molar-refractivity contribution in [1.29, 1.82) is 0 Å². The molecule has 154 valence electrons. The van der Waals surface area contributed by atoms with E-state index in [2.05, 4.69) is 9.97 Å². The van der Waals surface area contributed by atoms with Gasteiger partial charge in [-0.25, -0.2) is 9.37 Å². The van der Waals surface area contributed by atoms with E-state index in [-0.39, 0.29) is 28.9 Å². The summed E-state index contributed by atoms with van der Waals surface area (Å²) in [4.78, 5) is 35.9. The highest BCUT2D eigenvalue weighted by Crippen LogP contribution is 2.40. The maximum Gasteiger partial charge on any atom is 0.266 e. The zero-order chi connectivity index (χ0) is 21.4. The predicted octanol–water partition coefficient (Wildman–Crippen LogP) is 4.07. The molecular formula is C21H18ClFN4O2S. The average Bonchev–Trinajstić information content (AvgIpc) is 3.32. The Morgan fingerprint density at radius 2 is 2.17 bits per heavy atom. The number of thiazole rings is 1. The van der Waals surface area contributed by atoms with E-state index in [0.717, 1.165) is 0 Å². The second kappa shape index (κ2) is 8.12. The number of benzene rings is 1. The molecule has 0 unspecified atom stereocenters. The van der Waals surface area contributed by atoms with Gasteiger partial charge in [0.15, 0.2) is 0 Å². The lowest BCUT2D eigenvalue weighted by Crippen LogP contribution is -2.34. The number of fused-ring (bicyclic) bond motifs is 1. The lowest BCUT2D eigenvalue weighted by molar-refractivity contribution is 0.0657. The number of aryl methyl sites for hydroxylation is 1. The van der Waals surface area contributed by atoms with Crippen molar-refractivity contribution in [3.63, 3.8) is 0 Å². The number of pyridine rings is 1. The van der Waals surface area contributed by atoms with Crippen LogP contribution in [0.5, 0.6) is 0 Å². The Balaban J connectivity index is 1.80. The fourth-order valence-corrected chi connectivity index (χ4v) is 4.83. The maximum atomic E-state index is 14.5. The molecule has 0 saturated heterocycles. The molecule has 2 N–H and O–H groups in total. The molecule has 3 aromatic rings. The summed E-state index contributed by atoms with van der Waals surface area (Å²) in [5.41, 5.74) is 9.57. The topological polar surface area (TPSA) is 89.2 Å². The monoisotopic (exact) mass is 444 g/mol. The minimum atomic E-state index is -0.625. The molecule has 0 radical (unpaired) electrons. The van der Waals surface area contributed by atoms with E-state index in [1.54, 1.807) is 41.7 Å². The summed E-state index contributed by atoms with van der Waals surface area (Å²) in [6.07, 6.45) is 2.57. The summed E-state index contributed by atoms with van der Waals surface area (Å²) >= 11 is 7.34. The summed E-state index contributed by atoms with van der Waals surface area (Å²) in [5.74, 6) is -1.26. The molecule has 1 atom stereocenters. The van der Waals surface area contributed by atoms with E-state index < -0.39 is 11.9 Å². The van der Waals surface area contributed by atoms with Gasteiger partial charge < -0.3 is 10.6 Å². The molecule has 0 bridgehead atoms. The third kappa shape index (κ3) is 3.68. The van der Waals surface area contributed by atoms with E-state index in [4.69, 9.17) is 17.3 Å². The average molecular weight is 445 g/mol. The molecule has 2 heterocycles. The van der Waals surface area contributed by atoms with Gasteiger partial charge in [-0.05, 0) is 55.2 Å². The quantitative estimate of drug-likeness (QED) is 0.642. The Labute approximate surface area is 181 Å². The molecule has 0 aliphatic heterocycles. The molecule has 1 aromatic carbocycles. The SMILES string of the molecule is Cc1ncsc1C(=O)N(Cc1ncccc1C(N)=O)[C@@H]1CCc2c(F)cc(Cl)cc21. The van der Waals surface area contributed by atoms with Gasteiger partial charge in [0.25, 0.3) is 11.8 Å². The molecule has 2 amide bonds. The molecule has 1 aliphatic rings. The van der Waals surface area contributed by atoms with Crippen LogP contribution >= 0.6 is 22.9 Å². The number of nitrogens with zero attached hydrogens (tertiary/aromatic N) is 3. The summed E-state index contributed by atoms with van der Waals surface area (Å²) in [6, 6.07) is 5.76. The van der Waals surface area contributed by atoms with Gasteiger partial charge in [0.05, 0.1) is 35.0 Å². The fourth-order valence-electron chi connectivity index (χ4n) is 3.86. The van der Waals surface area contributed by atoms with Crippen LogP contribution in [0.1, 0.15) is 55.0 Å². The third-order valence-electron chi connectivity index (χ3n) is 5.27. The minimum absolute atomic E-state index is 0.0491. The summed E-state index contributed by atoms with van der Waals surface area (Å²) in [5, 5.41) is 0.273. The lowest BCUT2D eigenvalue weighted by atomic mass is 10.0. The maximum absolute atomic E-state index is 14.5. The van der Waals surface area contributed by atoms with Crippen molar-refractivity contribution in [1.82, 2.24) is 14.9 Å². The van der Waals surface area contributed by atoms with Crippen molar-refractivity contribution in [2.75, 3.05) is 0 Å². The van der Waals surface area contributed by atoms with Crippen LogP contribution < -0.4 is 5.73 Å². The summed E-state index contributed by atoms with van der Waals surface area (Å²) in [6.45, 7) is 1.81. The van der Waals surface area contributed by atoms with E-state index in [0.29, 0.717) is 40.2 Å². The molecule has 0 fully saturated rings. The first-order valence-electron chi connectivity index (χ1n) is 9.29. The van der Waals surface area contributed by atoms with E-state index in [1.165, 1.54) is 17.4 Å². The van der Waals surface area contributed by atoms with Crippen LogP contribution in [0.3, 0.4) is 0 Å². The Morgan fingerprint density at radius 1 is 1.37 bits per heavy atom. The van der Waals surface area contributed by atoms with Crippen LogP contribution in [-0.4, -0.2) is 26.7 Å². The van der Waals surface area contributed by atoms with Crippen molar-refractivity contribution in [3.8, 4) is 0 Å². The van der Waals surface area contributed by atoms with Crippen LogP contribution in [-0.2, 0) is 13.0 Å². The molecule has 0 saturated carbocycles. The predicted molar refractivity (Wildman–Crippen MR) is 112 cm³/mol. The third-order valence-corrected chi connectivity index (χ3v) is 6.41. The Hall–Kier alpha value is -2.84. The van der Waals surface area contributed by atoms with Gasteiger partial charge in [0.2, 0.25) is 0 Å². The number of aromatic nitrogens is 2. The second-order valence-corrected chi connectivity index (χ2v) is 8.36. The first kappa shape index (κ1) is 20.4. The molecule has 4 rings (SSSR count). The molecular weight excluding hydrogens is 427 g/mol. The molecule has 6 nitrogen and oxygen atoms in total. The zero-order valence-electron chi connectivity index (χ0n) is 16.1. The van der Waals surface area contributed by atoms with Crippen LogP contribution in [0.2, 0.25) is 5.02 Å². The van der Waals surface area contributed by atoms with E-state index in [1.807, 2.05) is 0 Å². The van der Waals surface area contributed by atoms with Crippen molar-refractivity contribution >= 4 is 34.8 Å². The number of rotatable bonds is 5. The van der Waals surface area contributed by atoms with E-state index >= 15 is 0 Å². The Kier molecular flexibility index (Phi) is 5.53. The van der Waals surface area contributed by atoms with Crippen LogP contribution in [0.4, 0.5) is 4.39 Å². The standard InChI is InChI=1S/C21H18ClFN4O2S/c1-11-19(30-10-26-11)21(29)27(9-17-14(20(24)28)3-2-6-25-17)18-5-4-13-15(18)7-12(22)8-16(13)23/h2-3,6-8,10,18H,4-5,9H2,1H3,(H2,24,28)/t18-/m1/s1. The van der Waals surface area contributed by atoms with Crippen molar-refractivity contribution in [2.24, 2.45) is 5.73 Å². The van der Waals surface area contributed by atoms with Crippen molar-refractivity contribution < 1.29 is 14.0 Å². The highest BCUT2D eigenvalue weighted by Gasteiger charge is 2.35. The highest BCUT2D eigenvalue weighted by molar-refractivity contribution is 7.11. The zero-order valence-corrected chi connectivity index (χ0v) is 17.6. The number of halogens is 2. The Morgan fingerprint density at radius 3 is 2.87 bits per heavy atom. The fraction of sp³-hybridized carbons (Fsp3) is 0.238. The number of hydrogen-bond donors (Lipinski definition) is 1. The second-order valence-electron chi connectivity index (χ2n) is 7.07. The largest absolute Gasteiger partial charge is 0.366 e. The molecule has 30 heavy (non-hydrogen) atoms. The normalized spacial score (nSPS) is 15.1. The van der Waals surface area contributed by atoms with Crippen LogP contribution in [0.25, 0.3) is 0 Å². The number of primary amides is 1. The molecule has 0 spiro atoms. The van der Waals surface area contributed by atoms with Gasteiger partial charge in [0, 0.05) is 11.2 Å². The first-order valence-corrected chi connectivity index (χ1v) is 10.5. The van der Waals surface area contributed by atoms with Gasteiger partial charge in [0.1, 0.15) is 10.7 Å². The Bertz CT molecular complexity index is 1150. The first-order chi connectivity index (χ1) is 14.4. The van der Waals surface area contributed by atoms with Crippen LogP contribution in [0.15, 0.2) is 36.0 Å². The molecule has 2 aromatic heterocycles. The van der Waals surface area contributed by atoms with Gasteiger partial charge >= 0.3 is 0 Å². The van der Waals surface area contributed by atoms with Crippen molar-refractivity contribution in [2.45, 2.75) is 32.4 Å².